The zero-order valence-electron chi connectivity index (χ0n) is 26.1. The molecule has 0 bridgehead atoms. The molecule has 1 N–H and O–H groups in total. The molecule has 2 rings (SSSR count). The minimum atomic E-state index is -1.95. The van der Waals surface area contributed by atoms with Gasteiger partial charge in [-0.25, -0.2) is 0 Å². The molecule has 0 radical (unpaired) electrons. The molecule has 6 atom stereocenters. The molecule has 5 heteroatoms. The van der Waals surface area contributed by atoms with Gasteiger partial charge in [0, 0.05) is 0 Å². The summed E-state index contributed by atoms with van der Waals surface area (Å²) < 4.78 is 14.3. The molecule has 2 fully saturated rings. The van der Waals surface area contributed by atoms with Crippen LogP contribution in [0.1, 0.15) is 114 Å². The third kappa shape index (κ3) is 6.85. The van der Waals surface area contributed by atoms with Crippen LogP contribution in [0.5, 0.6) is 0 Å². The highest BCUT2D eigenvalue weighted by molar-refractivity contribution is 6.74. The highest BCUT2D eigenvalue weighted by atomic mass is 28.4. The van der Waals surface area contributed by atoms with E-state index in [4.69, 9.17) is 8.85 Å². The standard InChI is InChI=1S/C30H62O3Si2/c1-22(23-18-19-24-25(31)16-15-21-30(23,24)10)17-20-26(32-34(11,12)27(2,3)4)29(8,9)33-35(13,14)28(5,6)7/h22-26,31H,15-21H2,1-14H3/t22-,23-,24?,25+,26?,30-/m1/s1. The molecule has 2 saturated carbocycles. The van der Waals surface area contributed by atoms with E-state index in [0.29, 0.717) is 23.2 Å². The Kier molecular flexibility index (Phi) is 9.43. The molecule has 0 spiro atoms. The van der Waals surface area contributed by atoms with E-state index in [1.54, 1.807) is 0 Å². The first-order valence-corrected chi connectivity index (χ1v) is 20.4. The van der Waals surface area contributed by atoms with Crippen LogP contribution in [0, 0.1) is 23.2 Å². The minimum absolute atomic E-state index is 0.0856. The van der Waals surface area contributed by atoms with Crippen LogP contribution in [0.15, 0.2) is 0 Å². The molecular formula is C30H62O3Si2. The van der Waals surface area contributed by atoms with Crippen molar-refractivity contribution in [1.82, 2.24) is 0 Å². The van der Waals surface area contributed by atoms with Crippen LogP contribution in [0.2, 0.25) is 36.3 Å². The molecule has 0 aliphatic heterocycles. The topological polar surface area (TPSA) is 38.7 Å². The highest BCUT2D eigenvalue weighted by Crippen LogP contribution is 2.58. The molecule has 0 aromatic heterocycles. The molecule has 0 heterocycles. The fraction of sp³-hybridized carbons (Fsp3) is 1.00. The third-order valence-electron chi connectivity index (χ3n) is 11.1. The Morgan fingerprint density at radius 1 is 0.857 bits per heavy atom. The predicted octanol–water partition coefficient (Wildman–Crippen LogP) is 9.17. The second-order valence-corrected chi connectivity index (χ2v) is 25.6. The van der Waals surface area contributed by atoms with Crippen molar-refractivity contribution in [2.45, 2.75) is 168 Å². The van der Waals surface area contributed by atoms with E-state index in [1.165, 1.54) is 32.1 Å². The van der Waals surface area contributed by atoms with Crippen molar-refractivity contribution in [3.05, 3.63) is 0 Å². The molecular weight excluding hydrogens is 464 g/mol. The average Bonchev–Trinajstić information content (AvgIpc) is 3.00. The molecule has 0 saturated heterocycles. The monoisotopic (exact) mass is 526 g/mol. The summed E-state index contributed by atoms with van der Waals surface area (Å²) in [5.74, 6) is 1.85. The Balaban J connectivity index is 2.24. The van der Waals surface area contributed by atoms with Gasteiger partial charge in [-0.1, -0.05) is 61.8 Å². The Morgan fingerprint density at radius 3 is 1.91 bits per heavy atom. The van der Waals surface area contributed by atoms with Gasteiger partial charge in [0.25, 0.3) is 0 Å². The number of hydrogen-bond donors (Lipinski definition) is 1. The van der Waals surface area contributed by atoms with Crippen LogP contribution in [0.25, 0.3) is 0 Å². The normalized spacial score (nSPS) is 30.8. The van der Waals surface area contributed by atoms with Crippen molar-refractivity contribution >= 4 is 16.6 Å². The average molecular weight is 527 g/mol. The fourth-order valence-corrected chi connectivity index (χ4v) is 9.92. The molecule has 2 unspecified atom stereocenters. The van der Waals surface area contributed by atoms with Crippen molar-refractivity contribution in [3.8, 4) is 0 Å². The van der Waals surface area contributed by atoms with Crippen molar-refractivity contribution in [3.63, 3.8) is 0 Å². The number of fused-ring (bicyclic) bond motifs is 1. The third-order valence-corrected chi connectivity index (χ3v) is 20.2. The lowest BCUT2D eigenvalue weighted by atomic mass is 9.61. The summed E-state index contributed by atoms with van der Waals surface area (Å²) >= 11 is 0. The smallest absolute Gasteiger partial charge is 0.192 e. The van der Waals surface area contributed by atoms with Crippen molar-refractivity contribution in [2.75, 3.05) is 0 Å². The van der Waals surface area contributed by atoms with Gasteiger partial charge >= 0.3 is 0 Å². The number of rotatable bonds is 9. The summed E-state index contributed by atoms with van der Waals surface area (Å²) in [6.07, 6.45) is 8.19. The van der Waals surface area contributed by atoms with E-state index >= 15 is 0 Å². The molecule has 0 amide bonds. The zero-order chi connectivity index (χ0) is 27.3. The zero-order valence-corrected chi connectivity index (χ0v) is 28.1. The largest absolute Gasteiger partial charge is 0.411 e. The van der Waals surface area contributed by atoms with Gasteiger partial charge in [-0.15, -0.1) is 0 Å². The Bertz CT molecular complexity index is 703. The van der Waals surface area contributed by atoms with E-state index in [-0.39, 0.29) is 27.9 Å². The number of aliphatic hydroxyl groups is 1. The van der Waals surface area contributed by atoms with Gasteiger partial charge < -0.3 is 14.0 Å². The van der Waals surface area contributed by atoms with Gasteiger partial charge in [0.15, 0.2) is 16.6 Å². The quantitative estimate of drug-likeness (QED) is 0.304. The van der Waals surface area contributed by atoms with Crippen LogP contribution in [-0.2, 0) is 8.85 Å². The van der Waals surface area contributed by atoms with E-state index in [0.717, 1.165) is 12.8 Å². The summed E-state index contributed by atoms with van der Waals surface area (Å²) in [5.41, 5.74) is -0.0125. The van der Waals surface area contributed by atoms with Crippen LogP contribution in [0.3, 0.4) is 0 Å². The Labute approximate surface area is 221 Å². The first kappa shape index (κ1) is 31.5. The molecule has 2 aliphatic carbocycles. The second-order valence-electron chi connectivity index (χ2n) is 16.1. The van der Waals surface area contributed by atoms with Crippen LogP contribution in [-0.4, -0.2) is 39.6 Å². The minimum Gasteiger partial charge on any atom is -0.411 e. The summed E-state index contributed by atoms with van der Waals surface area (Å²) in [5, 5.41) is 11.1. The van der Waals surface area contributed by atoms with Crippen LogP contribution >= 0.6 is 0 Å². The van der Waals surface area contributed by atoms with E-state index in [9.17, 15) is 5.11 Å². The lowest BCUT2D eigenvalue weighted by molar-refractivity contribution is -0.0447. The molecule has 3 nitrogen and oxygen atoms in total. The van der Waals surface area contributed by atoms with Crippen molar-refractivity contribution in [1.29, 1.82) is 0 Å². The number of aliphatic hydroxyl groups excluding tert-OH is 1. The maximum Gasteiger partial charge on any atom is 0.192 e. The maximum atomic E-state index is 10.7. The van der Waals surface area contributed by atoms with Crippen LogP contribution in [0.4, 0.5) is 0 Å². The first-order chi connectivity index (χ1) is 15.6. The summed E-state index contributed by atoms with van der Waals surface area (Å²) in [6.45, 7) is 33.1. The molecule has 0 aromatic rings. The predicted molar refractivity (Wildman–Crippen MR) is 157 cm³/mol. The highest BCUT2D eigenvalue weighted by Gasteiger charge is 2.53. The Hall–Kier alpha value is 0.314. The first-order valence-electron chi connectivity index (χ1n) is 14.6. The van der Waals surface area contributed by atoms with Gasteiger partial charge in [0.05, 0.1) is 17.8 Å². The summed E-state index contributed by atoms with van der Waals surface area (Å²) in [6, 6.07) is 0. The van der Waals surface area contributed by atoms with Gasteiger partial charge in [0.2, 0.25) is 0 Å². The van der Waals surface area contributed by atoms with Crippen molar-refractivity contribution in [2.24, 2.45) is 23.2 Å². The lowest BCUT2D eigenvalue weighted by Gasteiger charge is -2.49. The van der Waals surface area contributed by atoms with Gasteiger partial charge in [-0.3, -0.25) is 0 Å². The molecule has 0 aromatic carbocycles. The number of hydrogen-bond acceptors (Lipinski definition) is 3. The fourth-order valence-electron chi connectivity index (χ4n) is 6.70. The molecule has 2 aliphatic rings. The molecule has 35 heavy (non-hydrogen) atoms. The van der Waals surface area contributed by atoms with Gasteiger partial charge in [0.1, 0.15) is 0 Å². The SMILES string of the molecule is C[C@H](CCC(O[Si](C)(C)C(C)(C)C)C(C)(C)O[Si](C)(C)C(C)(C)C)[C@H]1CCC2[C@@H](O)CCC[C@@]21C. The van der Waals surface area contributed by atoms with Crippen molar-refractivity contribution < 1.29 is 14.0 Å². The lowest BCUT2D eigenvalue weighted by Crippen LogP contribution is -2.56. The second kappa shape index (κ2) is 10.5. The summed E-state index contributed by atoms with van der Waals surface area (Å²) in [4.78, 5) is 0. The van der Waals surface area contributed by atoms with E-state index in [1.807, 2.05) is 0 Å². The van der Waals surface area contributed by atoms with Gasteiger partial charge in [-0.05, 0) is 112 Å². The van der Waals surface area contributed by atoms with E-state index in [2.05, 4.69) is 95.4 Å². The van der Waals surface area contributed by atoms with Crippen LogP contribution < -0.4 is 0 Å². The van der Waals surface area contributed by atoms with Gasteiger partial charge in [-0.2, -0.15) is 0 Å². The summed E-state index contributed by atoms with van der Waals surface area (Å²) in [7, 11) is -3.89. The maximum absolute atomic E-state index is 10.7. The molecule has 208 valence electrons. The Morgan fingerprint density at radius 2 is 1.40 bits per heavy atom. The van der Waals surface area contributed by atoms with E-state index < -0.39 is 16.6 Å².